The van der Waals surface area contributed by atoms with Gasteiger partial charge in [0.25, 0.3) is 0 Å². The lowest BCUT2D eigenvalue weighted by atomic mass is 9.65. The Bertz CT molecular complexity index is 1840. The van der Waals surface area contributed by atoms with Gasteiger partial charge in [0.1, 0.15) is 23.6 Å². The van der Waals surface area contributed by atoms with Gasteiger partial charge in [0.2, 0.25) is 0 Å². The molecule has 5 heterocycles. The summed E-state index contributed by atoms with van der Waals surface area (Å²) in [5.41, 5.74) is -3.12. The van der Waals surface area contributed by atoms with Gasteiger partial charge in [0, 0.05) is 54.2 Å². The normalized spacial score (nSPS) is 29.3. The highest BCUT2D eigenvalue weighted by Gasteiger charge is 2.75. The molecule has 2 aliphatic rings. The molecule has 0 amide bonds. The predicted octanol–water partition coefficient (Wildman–Crippen LogP) is 5.17. The number of fused-ring (bicyclic) bond motifs is 1. The van der Waals surface area contributed by atoms with E-state index in [-0.39, 0.29) is 17.9 Å². The van der Waals surface area contributed by atoms with E-state index in [1.165, 1.54) is 36.7 Å². The lowest BCUT2D eigenvalue weighted by Crippen LogP contribution is -2.77. The molecule has 0 spiro atoms. The van der Waals surface area contributed by atoms with Crippen LogP contribution in [0.1, 0.15) is 23.0 Å². The minimum absolute atomic E-state index is 0.00410. The topological polar surface area (TPSA) is 106 Å². The molecule has 0 bridgehead atoms. The number of alkyl halides is 1. The Morgan fingerprint density at radius 1 is 0.978 bits per heavy atom. The minimum Gasteiger partial charge on any atom is -0.367 e. The van der Waals surface area contributed by atoms with Crippen molar-refractivity contribution in [2.45, 2.75) is 34.0 Å². The van der Waals surface area contributed by atoms with Crippen LogP contribution in [0.15, 0.2) is 91.9 Å². The van der Waals surface area contributed by atoms with Gasteiger partial charge >= 0.3 is 0 Å². The van der Waals surface area contributed by atoms with E-state index in [1.807, 2.05) is 30.3 Å². The minimum atomic E-state index is -1.72. The van der Waals surface area contributed by atoms with Crippen LogP contribution in [0, 0.1) is 17.5 Å². The lowest BCUT2D eigenvalue weighted by Gasteiger charge is -2.63. The molecule has 6 atom stereocenters. The number of pyridine rings is 1. The summed E-state index contributed by atoms with van der Waals surface area (Å²) in [6.45, 7) is -0.168. The largest absolute Gasteiger partial charge is 0.367 e. The van der Waals surface area contributed by atoms with E-state index in [0.29, 0.717) is 16.7 Å². The molecule has 2 fully saturated rings. The summed E-state index contributed by atoms with van der Waals surface area (Å²) in [7, 11) is 1.45. The third kappa shape index (κ3) is 4.54. The van der Waals surface area contributed by atoms with Crippen LogP contribution in [0.25, 0.3) is 11.3 Å². The first-order valence-electron chi connectivity index (χ1n) is 13.9. The highest BCUT2D eigenvalue weighted by Crippen LogP contribution is 2.61. The number of ether oxygens (including phenoxy) is 4. The van der Waals surface area contributed by atoms with Gasteiger partial charge in [-0.25, -0.2) is 27.8 Å². The van der Waals surface area contributed by atoms with E-state index in [9.17, 15) is 13.2 Å². The van der Waals surface area contributed by atoms with Crippen LogP contribution in [-0.4, -0.2) is 60.3 Å². The third-order valence-corrected chi connectivity index (χ3v) is 9.17. The summed E-state index contributed by atoms with van der Waals surface area (Å²) in [6, 6.07) is 14.3. The first-order chi connectivity index (χ1) is 22.2. The Kier molecular flexibility index (Phi) is 7.82. The summed E-state index contributed by atoms with van der Waals surface area (Å²) in [5, 5.41) is 7.02. The average molecular weight is 669 g/mol. The molecule has 10 nitrogen and oxygen atoms in total. The number of thiol groups is 1. The molecule has 5 aromatic rings. The molecule has 0 aliphatic carbocycles. The van der Waals surface area contributed by atoms with Crippen molar-refractivity contribution in [3.8, 4) is 11.3 Å². The monoisotopic (exact) mass is 668 g/mol. The highest BCUT2D eigenvalue weighted by molar-refractivity contribution is 7.80. The summed E-state index contributed by atoms with van der Waals surface area (Å²) < 4.78 is 69.8. The zero-order valence-corrected chi connectivity index (χ0v) is 25.5. The lowest BCUT2D eigenvalue weighted by molar-refractivity contribution is -0.361. The van der Waals surface area contributed by atoms with E-state index in [2.05, 4.69) is 25.3 Å². The summed E-state index contributed by atoms with van der Waals surface area (Å²) in [5.74, 6) is -4.39. The molecule has 7 rings (SSSR count). The van der Waals surface area contributed by atoms with E-state index in [1.54, 1.807) is 24.5 Å². The number of hydrogen-bond donors (Lipinski definition) is 1. The zero-order valence-electron chi connectivity index (χ0n) is 23.9. The molecule has 0 N–H and O–H groups in total. The Labute approximate surface area is 270 Å². The molecule has 46 heavy (non-hydrogen) atoms. The fourth-order valence-corrected chi connectivity index (χ4v) is 7.41. The molecular formula is C31H24ClF3N6O4S. The standard InChI is InChI=1S/C31H24ClF3N6O4S/c1-42-31(21-13-37-17-38-14-21)28(46)45-29(32)16-43-26(18-6-3-2-4-7-18)44-27(29)30(31,20-8-5-9-36-12-20)41-15-24(39-40-41)19-10-22(33)25(35)23(34)11-19/h2-15,17,26-28,46H,16H2,1H3/t26?,27-,28+,29-,30?,31-/m0/s1. The molecule has 15 heteroatoms. The van der Waals surface area contributed by atoms with Gasteiger partial charge in [-0.15, -0.1) is 17.7 Å². The average Bonchev–Trinajstić information content (AvgIpc) is 3.58. The smallest absolute Gasteiger partial charge is 0.195 e. The second kappa shape index (κ2) is 11.7. The van der Waals surface area contributed by atoms with Crippen molar-refractivity contribution in [2.24, 2.45) is 0 Å². The van der Waals surface area contributed by atoms with Gasteiger partial charge in [0.15, 0.2) is 39.9 Å². The number of aromatic nitrogens is 6. The summed E-state index contributed by atoms with van der Waals surface area (Å²) in [6.07, 6.45) is 6.85. The number of nitrogens with zero attached hydrogens (tertiary/aromatic N) is 6. The molecule has 2 saturated heterocycles. The summed E-state index contributed by atoms with van der Waals surface area (Å²) >= 11 is 12.2. The maximum absolute atomic E-state index is 14.4. The molecule has 0 radical (unpaired) electrons. The molecule has 2 aromatic carbocycles. The Hall–Kier alpha value is -3.92. The van der Waals surface area contributed by atoms with Crippen LogP contribution >= 0.6 is 24.2 Å². The second-order valence-electron chi connectivity index (χ2n) is 10.7. The SMILES string of the molecule is CO[C@@]1(c2cncnc2)[C@@H](S)O[C@@]2(Cl)COC(c3ccccc3)O[C@@H]2C1(c1cccnc1)n1cc(-c2cc(F)c(F)c(F)c2)nn1. The van der Waals surface area contributed by atoms with Crippen LogP contribution in [0.2, 0.25) is 0 Å². The van der Waals surface area contributed by atoms with Crippen LogP contribution in [0.4, 0.5) is 13.2 Å². The number of methoxy groups -OCH3 is 1. The maximum atomic E-state index is 14.4. The van der Waals surface area contributed by atoms with E-state index < -0.39 is 51.5 Å². The van der Waals surface area contributed by atoms with E-state index in [0.717, 1.165) is 12.1 Å². The van der Waals surface area contributed by atoms with Gasteiger partial charge in [-0.3, -0.25) is 4.98 Å². The highest BCUT2D eigenvalue weighted by atomic mass is 35.5. The van der Waals surface area contributed by atoms with Crippen LogP contribution in [0.3, 0.4) is 0 Å². The maximum Gasteiger partial charge on any atom is 0.195 e. The van der Waals surface area contributed by atoms with Crippen molar-refractivity contribution in [1.82, 2.24) is 29.9 Å². The second-order valence-corrected chi connectivity index (χ2v) is 11.8. The van der Waals surface area contributed by atoms with Gasteiger partial charge in [-0.05, 0) is 18.2 Å². The number of halogens is 4. The quantitative estimate of drug-likeness (QED) is 0.149. The Balaban J connectivity index is 1.55. The van der Waals surface area contributed by atoms with Crippen LogP contribution < -0.4 is 0 Å². The van der Waals surface area contributed by atoms with Crippen molar-refractivity contribution >= 4 is 24.2 Å². The van der Waals surface area contributed by atoms with Crippen LogP contribution in [0.5, 0.6) is 0 Å². The van der Waals surface area contributed by atoms with Crippen molar-refractivity contribution < 1.29 is 32.1 Å². The van der Waals surface area contributed by atoms with Crippen molar-refractivity contribution in [2.75, 3.05) is 13.7 Å². The predicted molar refractivity (Wildman–Crippen MR) is 160 cm³/mol. The van der Waals surface area contributed by atoms with Gasteiger partial charge in [-0.2, -0.15) is 0 Å². The molecule has 236 valence electrons. The Morgan fingerprint density at radius 3 is 2.37 bits per heavy atom. The first-order valence-corrected chi connectivity index (χ1v) is 14.8. The Morgan fingerprint density at radius 2 is 1.70 bits per heavy atom. The zero-order chi connectivity index (χ0) is 32.1. The van der Waals surface area contributed by atoms with Crippen molar-refractivity contribution in [3.63, 3.8) is 0 Å². The third-order valence-electron chi connectivity index (χ3n) is 8.30. The van der Waals surface area contributed by atoms with E-state index >= 15 is 0 Å². The molecule has 3 aromatic heterocycles. The van der Waals surface area contributed by atoms with Gasteiger partial charge < -0.3 is 18.9 Å². The fourth-order valence-electron chi connectivity index (χ4n) is 6.35. The van der Waals surface area contributed by atoms with Gasteiger partial charge in [-0.1, -0.05) is 53.2 Å². The number of benzene rings is 2. The number of hydrogen-bond acceptors (Lipinski definition) is 10. The number of rotatable bonds is 6. The van der Waals surface area contributed by atoms with Crippen molar-refractivity contribution in [3.05, 3.63) is 126 Å². The molecule has 2 unspecified atom stereocenters. The molecule has 0 saturated carbocycles. The van der Waals surface area contributed by atoms with E-state index in [4.69, 9.17) is 43.2 Å². The van der Waals surface area contributed by atoms with Crippen LogP contribution in [-0.2, 0) is 30.1 Å². The van der Waals surface area contributed by atoms with Crippen molar-refractivity contribution in [1.29, 1.82) is 0 Å². The molecule has 2 aliphatic heterocycles. The van der Waals surface area contributed by atoms with Gasteiger partial charge in [0.05, 0.1) is 12.8 Å². The first kappa shape index (κ1) is 30.7. The fraction of sp³-hybridized carbons (Fsp3) is 0.258. The molecular weight excluding hydrogens is 645 g/mol. The summed E-state index contributed by atoms with van der Waals surface area (Å²) in [4.78, 5) is 12.9.